The fourth-order valence-corrected chi connectivity index (χ4v) is 4.47. The monoisotopic (exact) mass is 527 g/mol. The Bertz CT molecular complexity index is 1420. The van der Waals surface area contributed by atoms with Gasteiger partial charge in [0.2, 0.25) is 0 Å². The van der Waals surface area contributed by atoms with Gasteiger partial charge in [0.15, 0.2) is 0 Å². The third-order valence-corrected chi connectivity index (χ3v) is 6.38. The van der Waals surface area contributed by atoms with Crippen LogP contribution in [0.4, 0.5) is 23.2 Å². The number of nitrogens with zero attached hydrogens (tertiary/aromatic N) is 1. The van der Waals surface area contributed by atoms with Gasteiger partial charge >= 0.3 is 6.18 Å². The first-order valence-electron chi connectivity index (χ1n) is 11.7. The zero-order valence-electron chi connectivity index (χ0n) is 21.1. The molecule has 1 atom stereocenters. The number of anilines is 1. The van der Waals surface area contributed by atoms with E-state index < -0.39 is 46.5 Å². The molecule has 1 unspecified atom stereocenters. The Kier molecular flexibility index (Phi) is 6.82. The molecule has 1 fully saturated rings. The number of methoxy groups -OCH3 is 1. The molecule has 0 aliphatic carbocycles. The summed E-state index contributed by atoms with van der Waals surface area (Å²) in [6.07, 6.45) is -4.60. The highest BCUT2D eigenvalue weighted by atomic mass is 19.4. The summed E-state index contributed by atoms with van der Waals surface area (Å²) in [5, 5.41) is 11.4. The van der Waals surface area contributed by atoms with Crippen LogP contribution in [-0.4, -0.2) is 23.9 Å². The summed E-state index contributed by atoms with van der Waals surface area (Å²) in [6.45, 7) is 5.82. The van der Waals surface area contributed by atoms with Crippen molar-refractivity contribution < 1.29 is 37.0 Å². The van der Waals surface area contributed by atoms with Gasteiger partial charge < -0.3 is 9.84 Å². The maximum atomic E-state index is 13.7. The fraction of sp³-hybridized carbons (Fsp3) is 0.241. The number of hydrogen-bond acceptors (Lipinski definition) is 4. The molecule has 38 heavy (non-hydrogen) atoms. The number of ketones is 1. The van der Waals surface area contributed by atoms with E-state index in [0.717, 1.165) is 46.9 Å². The summed E-state index contributed by atoms with van der Waals surface area (Å²) < 4.78 is 58.5. The van der Waals surface area contributed by atoms with E-state index >= 15 is 0 Å². The zero-order chi connectivity index (χ0) is 28.0. The van der Waals surface area contributed by atoms with E-state index in [2.05, 4.69) is 0 Å². The lowest BCUT2D eigenvalue weighted by molar-refractivity contribution is -0.137. The van der Waals surface area contributed by atoms with Crippen LogP contribution in [-0.2, 0) is 21.2 Å². The minimum absolute atomic E-state index is 0.0126. The number of alkyl halides is 3. The first-order chi connectivity index (χ1) is 17.7. The lowest BCUT2D eigenvalue weighted by Crippen LogP contribution is -2.29. The number of carbonyl (C=O) groups excluding carboxylic acids is 2. The van der Waals surface area contributed by atoms with Crippen LogP contribution >= 0.6 is 0 Å². The number of hydrogen-bond donors (Lipinski definition) is 1. The van der Waals surface area contributed by atoms with Gasteiger partial charge in [-0.25, -0.2) is 4.39 Å². The minimum atomic E-state index is -4.60. The van der Waals surface area contributed by atoms with Gasteiger partial charge in [0, 0.05) is 16.8 Å². The molecule has 1 heterocycles. The largest absolute Gasteiger partial charge is 0.507 e. The van der Waals surface area contributed by atoms with Gasteiger partial charge in [0.05, 0.1) is 24.3 Å². The van der Waals surface area contributed by atoms with Crippen LogP contribution in [0.15, 0.2) is 72.3 Å². The Morgan fingerprint density at radius 3 is 2.05 bits per heavy atom. The van der Waals surface area contributed by atoms with E-state index in [-0.39, 0.29) is 22.4 Å². The van der Waals surface area contributed by atoms with Crippen LogP contribution < -0.4 is 9.64 Å². The molecule has 0 aromatic heterocycles. The van der Waals surface area contributed by atoms with Crippen molar-refractivity contribution in [1.29, 1.82) is 0 Å². The predicted octanol–water partition coefficient (Wildman–Crippen LogP) is 6.78. The van der Waals surface area contributed by atoms with Crippen LogP contribution in [0.5, 0.6) is 5.75 Å². The molecule has 0 saturated carbocycles. The van der Waals surface area contributed by atoms with E-state index in [1.165, 1.54) is 25.3 Å². The first-order valence-corrected chi connectivity index (χ1v) is 11.7. The Morgan fingerprint density at radius 2 is 1.53 bits per heavy atom. The summed E-state index contributed by atoms with van der Waals surface area (Å²) in [5.74, 6) is -2.53. The van der Waals surface area contributed by atoms with Crippen molar-refractivity contribution in [3.63, 3.8) is 0 Å². The lowest BCUT2D eigenvalue weighted by Gasteiger charge is -2.26. The summed E-state index contributed by atoms with van der Waals surface area (Å²) in [6, 6.07) is 12.3. The van der Waals surface area contributed by atoms with Crippen molar-refractivity contribution in [2.24, 2.45) is 0 Å². The molecule has 1 N–H and O–H groups in total. The number of aliphatic hydroxyl groups is 1. The van der Waals surface area contributed by atoms with Crippen molar-refractivity contribution in [3.8, 4) is 5.75 Å². The van der Waals surface area contributed by atoms with E-state index in [9.17, 15) is 32.3 Å². The number of carbonyl (C=O) groups is 2. The molecule has 5 nitrogen and oxygen atoms in total. The minimum Gasteiger partial charge on any atom is -0.507 e. The molecular weight excluding hydrogens is 502 g/mol. The third-order valence-electron chi connectivity index (χ3n) is 6.38. The smallest absolute Gasteiger partial charge is 0.416 e. The van der Waals surface area contributed by atoms with Crippen LogP contribution in [0.2, 0.25) is 0 Å². The number of ether oxygens (including phenoxy) is 1. The van der Waals surface area contributed by atoms with E-state index in [4.69, 9.17) is 4.74 Å². The van der Waals surface area contributed by atoms with Gasteiger partial charge in [-0.1, -0.05) is 32.9 Å². The number of amides is 1. The average molecular weight is 528 g/mol. The molecule has 1 aliphatic rings. The predicted molar refractivity (Wildman–Crippen MR) is 134 cm³/mol. The SMILES string of the molecule is COc1ccc(/C(O)=C2/C(=O)C(=O)N(c3ccc(C(F)(F)F)cc3)C2c2ccc(F)cc2)cc1C(C)(C)C. The topological polar surface area (TPSA) is 66.8 Å². The molecule has 0 spiro atoms. The highest BCUT2D eigenvalue weighted by molar-refractivity contribution is 6.51. The van der Waals surface area contributed by atoms with Crippen LogP contribution in [0, 0.1) is 5.82 Å². The van der Waals surface area contributed by atoms with E-state index in [1.54, 1.807) is 12.1 Å². The molecule has 198 valence electrons. The standard InChI is InChI=1S/C29H25F4NO4/c1-28(2,3)21-15-17(7-14-22(21)38-4)25(35)23-24(16-5-10-19(30)11-6-16)34(27(37)26(23)36)20-12-8-18(9-13-20)29(31,32)33/h5-15,24,35H,1-4H3/b25-23-. The number of aliphatic hydroxyl groups excluding tert-OH is 1. The van der Waals surface area contributed by atoms with Gasteiger partial charge in [0.1, 0.15) is 17.3 Å². The fourth-order valence-electron chi connectivity index (χ4n) is 4.47. The van der Waals surface area contributed by atoms with Gasteiger partial charge in [-0.15, -0.1) is 0 Å². The van der Waals surface area contributed by atoms with Gasteiger partial charge in [-0.3, -0.25) is 14.5 Å². The Balaban J connectivity index is 1.93. The second-order valence-corrected chi connectivity index (χ2v) is 9.93. The van der Waals surface area contributed by atoms with Crippen molar-refractivity contribution in [1.82, 2.24) is 0 Å². The Labute approximate surface area is 217 Å². The second kappa shape index (κ2) is 9.63. The molecule has 4 rings (SSSR count). The molecule has 1 aliphatic heterocycles. The number of halogens is 4. The van der Waals surface area contributed by atoms with Crippen molar-refractivity contribution >= 4 is 23.1 Å². The molecule has 3 aromatic rings. The van der Waals surface area contributed by atoms with Crippen LogP contribution in [0.1, 0.15) is 49.1 Å². The quantitative estimate of drug-likeness (QED) is 0.176. The first kappa shape index (κ1) is 26.9. The van der Waals surface area contributed by atoms with Crippen molar-refractivity contribution in [3.05, 3.63) is 100 Å². The average Bonchev–Trinajstić information content (AvgIpc) is 3.13. The van der Waals surface area contributed by atoms with E-state index in [0.29, 0.717) is 5.75 Å². The maximum absolute atomic E-state index is 13.7. The Hall–Kier alpha value is -4.14. The molecular formula is C29H25F4NO4. The number of Topliss-reactive ketones (excluding diaryl/α,β-unsaturated/α-hetero) is 1. The second-order valence-electron chi connectivity index (χ2n) is 9.93. The molecule has 3 aromatic carbocycles. The van der Waals surface area contributed by atoms with Crippen molar-refractivity contribution in [2.75, 3.05) is 12.0 Å². The highest BCUT2D eigenvalue weighted by Crippen LogP contribution is 2.43. The van der Waals surface area contributed by atoms with Crippen LogP contribution in [0.3, 0.4) is 0 Å². The summed E-state index contributed by atoms with van der Waals surface area (Å²) in [4.78, 5) is 27.5. The van der Waals surface area contributed by atoms with E-state index in [1.807, 2.05) is 20.8 Å². The third kappa shape index (κ3) is 4.88. The normalized spacial score (nSPS) is 17.7. The van der Waals surface area contributed by atoms with Gasteiger partial charge in [0.25, 0.3) is 11.7 Å². The zero-order valence-corrected chi connectivity index (χ0v) is 21.1. The highest BCUT2D eigenvalue weighted by Gasteiger charge is 2.47. The van der Waals surface area contributed by atoms with Crippen molar-refractivity contribution in [2.45, 2.75) is 38.4 Å². The molecule has 0 bridgehead atoms. The lowest BCUT2D eigenvalue weighted by atomic mass is 9.84. The molecule has 1 amide bonds. The summed E-state index contributed by atoms with van der Waals surface area (Å²) in [7, 11) is 1.51. The number of rotatable bonds is 4. The molecule has 9 heteroatoms. The number of benzene rings is 3. The maximum Gasteiger partial charge on any atom is 0.416 e. The molecule has 1 saturated heterocycles. The van der Waals surface area contributed by atoms with Gasteiger partial charge in [-0.2, -0.15) is 13.2 Å². The summed E-state index contributed by atoms with van der Waals surface area (Å²) in [5.41, 5.74) is -0.316. The van der Waals surface area contributed by atoms with Gasteiger partial charge in [-0.05, 0) is 65.6 Å². The molecule has 0 radical (unpaired) electrons. The Morgan fingerprint density at radius 1 is 0.921 bits per heavy atom. The summed E-state index contributed by atoms with van der Waals surface area (Å²) >= 11 is 0. The van der Waals surface area contributed by atoms with Crippen LogP contribution in [0.25, 0.3) is 5.76 Å².